The Morgan fingerprint density at radius 2 is 2.40 bits per heavy atom. The van der Waals surface area contributed by atoms with E-state index in [1.165, 1.54) is 0 Å². The second-order valence-electron chi connectivity index (χ2n) is 3.29. The average molecular weight is 206 g/mol. The van der Waals surface area contributed by atoms with E-state index in [0.717, 1.165) is 16.9 Å². The zero-order chi connectivity index (χ0) is 10.7. The second-order valence-corrected chi connectivity index (χ2v) is 3.29. The summed E-state index contributed by atoms with van der Waals surface area (Å²) in [5, 5.41) is 0. The van der Waals surface area contributed by atoms with Crippen LogP contribution in [0.25, 0.3) is 11.0 Å². The van der Waals surface area contributed by atoms with Gasteiger partial charge in [-0.05, 0) is 6.07 Å². The highest BCUT2D eigenvalue weighted by Crippen LogP contribution is 2.13. The lowest BCUT2D eigenvalue weighted by atomic mass is 10.4. The van der Waals surface area contributed by atoms with Crippen molar-refractivity contribution in [1.29, 1.82) is 0 Å². The fraction of sp³-hybridized carbons (Fsp3) is 0.400. The molecule has 0 unspecified atom stereocenters. The zero-order valence-electron chi connectivity index (χ0n) is 8.68. The van der Waals surface area contributed by atoms with Gasteiger partial charge in [0.25, 0.3) is 0 Å². The number of aromatic nitrogens is 3. The van der Waals surface area contributed by atoms with Crippen LogP contribution in [0.4, 0.5) is 0 Å². The maximum atomic E-state index is 5.35. The molecule has 0 bridgehead atoms. The molecule has 0 atom stereocenters. The van der Waals surface area contributed by atoms with Gasteiger partial charge in [-0.2, -0.15) is 0 Å². The van der Waals surface area contributed by atoms with Gasteiger partial charge >= 0.3 is 0 Å². The normalized spacial score (nSPS) is 11.1. The number of fused-ring (bicyclic) bond motifs is 1. The van der Waals surface area contributed by atoms with E-state index in [-0.39, 0.29) is 0 Å². The molecule has 0 saturated carbocycles. The number of hydrogen-bond acceptors (Lipinski definition) is 4. The van der Waals surface area contributed by atoms with Crippen LogP contribution in [-0.2, 0) is 18.4 Å². The number of ether oxygens (including phenoxy) is 1. The van der Waals surface area contributed by atoms with Crippen LogP contribution >= 0.6 is 0 Å². The summed E-state index contributed by atoms with van der Waals surface area (Å²) in [4.78, 5) is 8.50. The lowest BCUT2D eigenvalue weighted by Crippen LogP contribution is -2.10. The van der Waals surface area contributed by atoms with Gasteiger partial charge < -0.3 is 15.0 Å². The number of rotatable bonds is 4. The monoisotopic (exact) mass is 206 g/mol. The topological polar surface area (TPSA) is 66.0 Å². The Bertz CT molecular complexity index is 452. The van der Waals surface area contributed by atoms with Crippen molar-refractivity contribution >= 4 is 11.0 Å². The predicted molar refractivity (Wildman–Crippen MR) is 57.2 cm³/mol. The Morgan fingerprint density at radius 3 is 3.13 bits per heavy atom. The molecular weight excluding hydrogens is 192 g/mol. The fourth-order valence-corrected chi connectivity index (χ4v) is 1.46. The Kier molecular flexibility index (Phi) is 2.94. The smallest absolute Gasteiger partial charge is 0.135 e. The largest absolute Gasteiger partial charge is 0.372 e. The lowest BCUT2D eigenvalue weighted by molar-refractivity contribution is 0.121. The highest BCUT2D eigenvalue weighted by Gasteiger charge is 2.06. The number of nitrogens with zero attached hydrogens (tertiary/aromatic N) is 3. The highest BCUT2D eigenvalue weighted by molar-refractivity contribution is 5.74. The Balaban J connectivity index is 2.24. The molecule has 0 aromatic carbocycles. The molecule has 2 N–H and O–H groups in total. The first-order valence-corrected chi connectivity index (χ1v) is 4.86. The van der Waals surface area contributed by atoms with Gasteiger partial charge in [0.05, 0.1) is 23.8 Å². The third kappa shape index (κ3) is 1.98. The third-order valence-corrected chi connectivity index (χ3v) is 2.27. The third-order valence-electron chi connectivity index (χ3n) is 2.27. The van der Waals surface area contributed by atoms with Crippen LogP contribution in [0.1, 0.15) is 5.82 Å². The molecule has 80 valence electrons. The van der Waals surface area contributed by atoms with Gasteiger partial charge in [0.15, 0.2) is 0 Å². The molecule has 0 saturated heterocycles. The first kappa shape index (κ1) is 10.1. The molecule has 0 aliphatic carbocycles. The maximum Gasteiger partial charge on any atom is 0.135 e. The molecule has 2 aromatic rings. The van der Waals surface area contributed by atoms with Crippen LogP contribution in [0.3, 0.4) is 0 Å². The number of imidazole rings is 1. The Labute approximate surface area is 87.9 Å². The van der Waals surface area contributed by atoms with Gasteiger partial charge in [-0.3, -0.25) is 4.98 Å². The SMILES string of the molecule is Cn1c(COCCN)nc2ccncc21. The van der Waals surface area contributed by atoms with E-state index >= 15 is 0 Å². The number of hydrogen-bond donors (Lipinski definition) is 1. The van der Waals surface area contributed by atoms with E-state index in [0.29, 0.717) is 19.8 Å². The van der Waals surface area contributed by atoms with Crippen LogP contribution in [0, 0.1) is 0 Å². The molecule has 0 aliphatic rings. The molecule has 5 heteroatoms. The quantitative estimate of drug-likeness (QED) is 0.737. The summed E-state index contributed by atoms with van der Waals surface area (Å²) in [6, 6.07) is 1.89. The number of pyridine rings is 1. The summed E-state index contributed by atoms with van der Waals surface area (Å²) in [6.07, 6.45) is 3.54. The van der Waals surface area contributed by atoms with E-state index in [9.17, 15) is 0 Å². The van der Waals surface area contributed by atoms with Crippen molar-refractivity contribution in [2.45, 2.75) is 6.61 Å². The van der Waals surface area contributed by atoms with Crippen molar-refractivity contribution in [2.24, 2.45) is 12.8 Å². The first-order chi connectivity index (χ1) is 7.33. The number of nitrogens with two attached hydrogens (primary N) is 1. The molecule has 0 spiro atoms. The fourth-order valence-electron chi connectivity index (χ4n) is 1.46. The predicted octanol–water partition coefficient (Wildman–Crippen LogP) is 0.444. The molecule has 5 nitrogen and oxygen atoms in total. The van der Waals surface area contributed by atoms with Gasteiger partial charge in [-0.1, -0.05) is 0 Å². The van der Waals surface area contributed by atoms with E-state index in [1.54, 1.807) is 12.4 Å². The Morgan fingerprint density at radius 1 is 1.53 bits per heavy atom. The van der Waals surface area contributed by atoms with E-state index in [4.69, 9.17) is 10.5 Å². The minimum absolute atomic E-state index is 0.488. The van der Waals surface area contributed by atoms with Gasteiger partial charge in [0.2, 0.25) is 0 Å². The molecule has 2 rings (SSSR count). The zero-order valence-corrected chi connectivity index (χ0v) is 8.68. The molecule has 0 aliphatic heterocycles. The van der Waals surface area contributed by atoms with Gasteiger partial charge in [-0.25, -0.2) is 4.98 Å². The molecule has 0 fully saturated rings. The summed E-state index contributed by atoms with van der Waals surface area (Å²) < 4.78 is 7.34. The van der Waals surface area contributed by atoms with Crippen LogP contribution in [0.5, 0.6) is 0 Å². The molecule has 0 amide bonds. The van der Waals surface area contributed by atoms with Crippen molar-refractivity contribution in [3.63, 3.8) is 0 Å². The van der Waals surface area contributed by atoms with Gasteiger partial charge in [-0.15, -0.1) is 0 Å². The second kappa shape index (κ2) is 4.37. The first-order valence-electron chi connectivity index (χ1n) is 4.86. The van der Waals surface area contributed by atoms with Crippen molar-refractivity contribution in [3.8, 4) is 0 Å². The van der Waals surface area contributed by atoms with Crippen LogP contribution in [0.15, 0.2) is 18.5 Å². The summed E-state index contributed by atoms with van der Waals surface area (Å²) in [5.74, 6) is 0.895. The summed E-state index contributed by atoms with van der Waals surface area (Å²) >= 11 is 0. The molecule has 15 heavy (non-hydrogen) atoms. The van der Waals surface area contributed by atoms with Crippen LogP contribution in [-0.4, -0.2) is 27.7 Å². The van der Waals surface area contributed by atoms with E-state index in [1.807, 2.05) is 17.7 Å². The summed E-state index contributed by atoms with van der Waals surface area (Å²) in [5.41, 5.74) is 7.30. The van der Waals surface area contributed by atoms with Gasteiger partial charge in [0, 0.05) is 19.8 Å². The van der Waals surface area contributed by atoms with Crippen molar-refractivity contribution < 1.29 is 4.74 Å². The van der Waals surface area contributed by atoms with Crippen LogP contribution < -0.4 is 5.73 Å². The van der Waals surface area contributed by atoms with Crippen LogP contribution in [0.2, 0.25) is 0 Å². The summed E-state index contributed by atoms with van der Waals surface area (Å²) in [6.45, 7) is 1.58. The summed E-state index contributed by atoms with van der Waals surface area (Å²) in [7, 11) is 1.96. The van der Waals surface area contributed by atoms with Crippen molar-refractivity contribution in [2.75, 3.05) is 13.2 Å². The molecule has 2 heterocycles. The highest BCUT2D eigenvalue weighted by atomic mass is 16.5. The lowest BCUT2D eigenvalue weighted by Gasteiger charge is -2.02. The van der Waals surface area contributed by atoms with Gasteiger partial charge in [0.1, 0.15) is 12.4 Å². The van der Waals surface area contributed by atoms with E-state index in [2.05, 4.69) is 9.97 Å². The maximum absolute atomic E-state index is 5.35. The molecule has 0 radical (unpaired) electrons. The average Bonchev–Trinajstić information content (AvgIpc) is 2.57. The minimum atomic E-state index is 0.488. The van der Waals surface area contributed by atoms with Crippen molar-refractivity contribution in [1.82, 2.24) is 14.5 Å². The van der Waals surface area contributed by atoms with Crippen molar-refractivity contribution in [3.05, 3.63) is 24.3 Å². The van der Waals surface area contributed by atoms with E-state index < -0.39 is 0 Å². The molecular formula is C10H14N4O. The minimum Gasteiger partial charge on any atom is -0.372 e. The number of aryl methyl sites for hydroxylation is 1. The Hall–Kier alpha value is -1.46. The standard InChI is InChI=1S/C10H14N4O/c1-14-9-6-12-4-2-8(9)13-10(14)7-15-5-3-11/h2,4,6H,3,5,7,11H2,1H3. The molecule has 2 aromatic heterocycles.